The number of benzene rings is 2. The number of anilines is 1. The molecule has 1 amide bonds. The molecule has 0 saturated carbocycles. The van der Waals surface area contributed by atoms with Crippen LogP contribution < -0.4 is 15.6 Å². The summed E-state index contributed by atoms with van der Waals surface area (Å²) in [6, 6.07) is 16.5. The number of carbonyl (C=O) groups is 1. The number of ether oxygens (including phenoxy) is 1. The van der Waals surface area contributed by atoms with Gasteiger partial charge in [0.25, 0.3) is 5.56 Å². The van der Waals surface area contributed by atoms with Gasteiger partial charge in [-0.05, 0) is 48.9 Å². The number of aromatic nitrogens is 4. The van der Waals surface area contributed by atoms with E-state index in [1.54, 1.807) is 13.2 Å². The number of para-hydroxylation sites is 1. The Kier molecular flexibility index (Phi) is 4.82. The first-order chi connectivity index (χ1) is 14.0. The van der Waals surface area contributed by atoms with Gasteiger partial charge >= 0.3 is 0 Å². The third-order valence-electron chi connectivity index (χ3n) is 4.59. The Morgan fingerprint density at radius 2 is 1.90 bits per heavy atom. The molecule has 8 heteroatoms. The Balaban J connectivity index is 1.59. The van der Waals surface area contributed by atoms with Crippen molar-refractivity contribution in [2.45, 2.75) is 13.5 Å². The molecular weight excluding hydrogens is 370 g/mol. The Morgan fingerprint density at radius 1 is 1.14 bits per heavy atom. The quantitative estimate of drug-likeness (QED) is 0.566. The Hall–Kier alpha value is -3.94. The standard InChI is InChI=1S/C21H19N5O3/c1-14-5-3-4-6-17(14)23-20(27)12-25-21(28)19-11-18(24-26(19)13-22-25)15-7-9-16(29-2)10-8-15/h3-11,13H,12H2,1-2H3,(H,23,27). The highest BCUT2D eigenvalue weighted by Gasteiger charge is 2.13. The van der Waals surface area contributed by atoms with E-state index in [9.17, 15) is 9.59 Å². The molecule has 0 saturated heterocycles. The third-order valence-corrected chi connectivity index (χ3v) is 4.59. The average Bonchev–Trinajstić information content (AvgIpc) is 3.17. The fourth-order valence-electron chi connectivity index (χ4n) is 2.99. The van der Waals surface area contributed by atoms with Gasteiger partial charge in [-0.25, -0.2) is 9.20 Å². The number of aryl methyl sites for hydroxylation is 1. The molecule has 146 valence electrons. The smallest absolute Gasteiger partial charge is 0.293 e. The van der Waals surface area contributed by atoms with Gasteiger partial charge in [-0.3, -0.25) is 9.59 Å². The van der Waals surface area contributed by atoms with Crippen LogP contribution in [0.15, 0.2) is 65.7 Å². The van der Waals surface area contributed by atoms with Gasteiger partial charge in [0.2, 0.25) is 5.91 Å². The van der Waals surface area contributed by atoms with Crippen LogP contribution in [-0.4, -0.2) is 32.4 Å². The molecular formula is C21H19N5O3. The number of nitrogens with one attached hydrogen (secondary N) is 1. The fourth-order valence-corrected chi connectivity index (χ4v) is 2.99. The predicted octanol–water partition coefficient (Wildman–Crippen LogP) is 2.51. The van der Waals surface area contributed by atoms with E-state index in [0.717, 1.165) is 21.6 Å². The molecule has 8 nitrogen and oxygen atoms in total. The molecule has 0 aliphatic heterocycles. The van der Waals surface area contributed by atoms with Gasteiger partial charge < -0.3 is 10.1 Å². The Bertz CT molecular complexity index is 1240. The maximum Gasteiger partial charge on any atom is 0.293 e. The van der Waals surface area contributed by atoms with Crippen molar-refractivity contribution in [1.29, 1.82) is 0 Å². The van der Waals surface area contributed by atoms with Crippen molar-refractivity contribution in [2.75, 3.05) is 12.4 Å². The third kappa shape index (κ3) is 3.73. The largest absolute Gasteiger partial charge is 0.497 e. The lowest BCUT2D eigenvalue weighted by atomic mass is 10.1. The molecule has 0 bridgehead atoms. The van der Waals surface area contributed by atoms with Crippen molar-refractivity contribution in [2.24, 2.45) is 0 Å². The summed E-state index contributed by atoms with van der Waals surface area (Å²) in [4.78, 5) is 25.1. The van der Waals surface area contributed by atoms with E-state index in [0.29, 0.717) is 16.9 Å². The number of methoxy groups -OCH3 is 1. The minimum atomic E-state index is -0.389. The molecule has 0 aliphatic rings. The van der Waals surface area contributed by atoms with E-state index in [1.165, 1.54) is 10.8 Å². The maximum atomic E-state index is 12.8. The molecule has 4 aromatic rings. The van der Waals surface area contributed by atoms with Crippen molar-refractivity contribution in [3.05, 3.63) is 76.8 Å². The van der Waals surface area contributed by atoms with Crippen molar-refractivity contribution in [3.8, 4) is 17.0 Å². The Morgan fingerprint density at radius 3 is 2.62 bits per heavy atom. The highest BCUT2D eigenvalue weighted by atomic mass is 16.5. The summed E-state index contributed by atoms with van der Waals surface area (Å²) in [7, 11) is 1.60. The van der Waals surface area contributed by atoms with Crippen molar-refractivity contribution in [3.63, 3.8) is 0 Å². The van der Waals surface area contributed by atoms with Crippen LogP contribution in [0.1, 0.15) is 5.56 Å². The van der Waals surface area contributed by atoms with Crippen molar-refractivity contribution >= 4 is 17.1 Å². The first-order valence-corrected chi connectivity index (χ1v) is 9.00. The van der Waals surface area contributed by atoms with Crippen LogP contribution in [0.3, 0.4) is 0 Å². The van der Waals surface area contributed by atoms with Crippen LogP contribution in [-0.2, 0) is 11.3 Å². The molecule has 2 aromatic heterocycles. The topological polar surface area (TPSA) is 90.5 Å². The second-order valence-corrected chi connectivity index (χ2v) is 6.54. The summed E-state index contributed by atoms with van der Waals surface area (Å²) in [6.07, 6.45) is 1.42. The maximum absolute atomic E-state index is 12.8. The molecule has 0 spiro atoms. The molecule has 0 atom stereocenters. The summed E-state index contributed by atoms with van der Waals surface area (Å²) in [5, 5.41) is 11.3. The summed E-state index contributed by atoms with van der Waals surface area (Å²) in [6.45, 7) is 1.71. The van der Waals surface area contributed by atoms with Gasteiger partial charge in [-0.1, -0.05) is 18.2 Å². The number of nitrogens with zero attached hydrogens (tertiary/aromatic N) is 4. The number of carbonyl (C=O) groups excluding carboxylic acids is 1. The highest BCUT2D eigenvalue weighted by Crippen LogP contribution is 2.21. The van der Waals surface area contributed by atoms with Gasteiger partial charge in [0.15, 0.2) is 0 Å². The second kappa shape index (κ2) is 7.59. The molecule has 2 aromatic carbocycles. The highest BCUT2D eigenvalue weighted by molar-refractivity contribution is 5.91. The Labute approximate surface area is 166 Å². The molecule has 4 rings (SSSR count). The minimum Gasteiger partial charge on any atom is -0.497 e. The van der Waals surface area contributed by atoms with Crippen LogP contribution in [0.2, 0.25) is 0 Å². The lowest BCUT2D eigenvalue weighted by Crippen LogP contribution is -2.30. The zero-order valence-corrected chi connectivity index (χ0v) is 16.0. The monoisotopic (exact) mass is 389 g/mol. The lowest BCUT2D eigenvalue weighted by molar-refractivity contribution is -0.117. The number of amides is 1. The van der Waals surface area contributed by atoms with Crippen molar-refractivity contribution < 1.29 is 9.53 Å². The van der Waals surface area contributed by atoms with E-state index in [-0.39, 0.29) is 18.0 Å². The van der Waals surface area contributed by atoms with E-state index in [1.807, 2.05) is 55.5 Å². The zero-order valence-electron chi connectivity index (χ0n) is 16.0. The van der Waals surface area contributed by atoms with Crippen LogP contribution >= 0.6 is 0 Å². The molecule has 1 N–H and O–H groups in total. The average molecular weight is 389 g/mol. The van der Waals surface area contributed by atoms with Crippen molar-refractivity contribution in [1.82, 2.24) is 19.4 Å². The van der Waals surface area contributed by atoms with E-state index < -0.39 is 0 Å². The first-order valence-electron chi connectivity index (χ1n) is 9.00. The van der Waals surface area contributed by atoms with E-state index >= 15 is 0 Å². The SMILES string of the molecule is COc1ccc(-c2cc3c(=O)n(CC(=O)Nc4ccccc4C)ncn3n2)cc1. The first kappa shape index (κ1) is 18.4. The van der Waals surface area contributed by atoms with Gasteiger partial charge in [-0.15, -0.1) is 0 Å². The molecule has 0 radical (unpaired) electrons. The van der Waals surface area contributed by atoms with Crippen LogP contribution in [0.25, 0.3) is 16.8 Å². The molecule has 0 fully saturated rings. The number of rotatable bonds is 5. The minimum absolute atomic E-state index is 0.188. The molecule has 0 unspecified atom stereocenters. The number of hydrogen-bond donors (Lipinski definition) is 1. The molecule has 2 heterocycles. The van der Waals surface area contributed by atoms with Gasteiger partial charge in [0.1, 0.15) is 24.1 Å². The van der Waals surface area contributed by atoms with Crippen LogP contribution in [0, 0.1) is 6.92 Å². The van der Waals surface area contributed by atoms with Crippen LogP contribution in [0.4, 0.5) is 5.69 Å². The molecule has 0 aliphatic carbocycles. The normalized spacial score (nSPS) is 10.8. The molecule has 29 heavy (non-hydrogen) atoms. The number of hydrogen-bond acceptors (Lipinski definition) is 5. The number of fused-ring (bicyclic) bond motifs is 1. The summed E-state index contributed by atoms with van der Waals surface area (Å²) >= 11 is 0. The summed E-state index contributed by atoms with van der Waals surface area (Å²) in [5.74, 6) is 0.411. The lowest BCUT2D eigenvalue weighted by Gasteiger charge is -2.08. The zero-order chi connectivity index (χ0) is 20.4. The van der Waals surface area contributed by atoms with Gasteiger partial charge in [0.05, 0.1) is 12.8 Å². The van der Waals surface area contributed by atoms with E-state index in [4.69, 9.17) is 4.74 Å². The summed E-state index contributed by atoms with van der Waals surface area (Å²) < 4.78 is 7.70. The summed E-state index contributed by atoms with van der Waals surface area (Å²) in [5.41, 5.74) is 3.08. The fraction of sp³-hybridized carbons (Fsp3) is 0.143. The van der Waals surface area contributed by atoms with E-state index in [2.05, 4.69) is 15.5 Å². The van der Waals surface area contributed by atoms with Crippen LogP contribution in [0.5, 0.6) is 5.75 Å². The van der Waals surface area contributed by atoms with Gasteiger partial charge in [0, 0.05) is 11.3 Å². The second-order valence-electron chi connectivity index (χ2n) is 6.54. The predicted molar refractivity (Wildman–Crippen MR) is 109 cm³/mol. The van der Waals surface area contributed by atoms with Gasteiger partial charge in [-0.2, -0.15) is 10.2 Å².